The molecule has 3 amide bonds. The zero-order valence-electron chi connectivity index (χ0n) is 12.8. The first-order chi connectivity index (χ1) is 11.4. The smallest absolute Gasteiger partial charge is 0.270 e. The van der Waals surface area contributed by atoms with Crippen LogP contribution in [0.1, 0.15) is 17.4 Å². The van der Waals surface area contributed by atoms with Crippen LogP contribution in [-0.4, -0.2) is 29.3 Å². The Morgan fingerprint density at radius 2 is 1.79 bits per heavy atom. The van der Waals surface area contributed by atoms with Crippen LogP contribution in [0, 0.1) is 0 Å². The van der Waals surface area contributed by atoms with Crippen LogP contribution in [-0.2, 0) is 9.59 Å². The molecule has 2 aromatic rings. The standard InChI is InChI=1S/C16H15ClN4O3/c1-10(22)20-12-3-2-4-13(8-12)21-15(23)9-19-16(24)14-7-11(17)5-6-18-14/h2-8H,9H2,1H3,(H,19,24)(H,20,22)(H,21,23). The lowest BCUT2D eigenvalue weighted by atomic mass is 10.2. The van der Waals surface area contributed by atoms with Crippen molar-refractivity contribution in [2.75, 3.05) is 17.2 Å². The summed E-state index contributed by atoms with van der Waals surface area (Å²) in [7, 11) is 0. The quantitative estimate of drug-likeness (QED) is 0.771. The molecular weight excluding hydrogens is 332 g/mol. The van der Waals surface area contributed by atoms with Crippen molar-refractivity contribution in [3.63, 3.8) is 0 Å². The SMILES string of the molecule is CC(=O)Nc1cccc(NC(=O)CNC(=O)c2cc(Cl)ccn2)c1. The fraction of sp³-hybridized carbons (Fsp3) is 0.125. The van der Waals surface area contributed by atoms with Crippen molar-refractivity contribution >= 4 is 40.7 Å². The third-order valence-corrected chi connectivity index (χ3v) is 3.07. The van der Waals surface area contributed by atoms with E-state index in [1.807, 2.05) is 0 Å². The predicted molar refractivity (Wildman–Crippen MR) is 91.0 cm³/mol. The summed E-state index contributed by atoms with van der Waals surface area (Å²) < 4.78 is 0. The van der Waals surface area contributed by atoms with Crippen molar-refractivity contribution in [2.45, 2.75) is 6.92 Å². The minimum absolute atomic E-state index is 0.128. The molecule has 24 heavy (non-hydrogen) atoms. The summed E-state index contributed by atoms with van der Waals surface area (Å²) in [5, 5.41) is 8.07. The fourth-order valence-corrected chi connectivity index (χ4v) is 2.02. The maximum absolute atomic E-state index is 11.9. The molecule has 1 heterocycles. The lowest BCUT2D eigenvalue weighted by molar-refractivity contribution is -0.115. The highest BCUT2D eigenvalue weighted by Crippen LogP contribution is 2.14. The van der Waals surface area contributed by atoms with Gasteiger partial charge < -0.3 is 16.0 Å². The van der Waals surface area contributed by atoms with E-state index in [9.17, 15) is 14.4 Å². The molecule has 2 rings (SSSR count). The highest BCUT2D eigenvalue weighted by molar-refractivity contribution is 6.30. The van der Waals surface area contributed by atoms with E-state index in [4.69, 9.17) is 11.6 Å². The molecule has 1 aromatic carbocycles. The average Bonchev–Trinajstić information content (AvgIpc) is 2.52. The number of anilines is 2. The van der Waals surface area contributed by atoms with Crippen molar-refractivity contribution < 1.29 is 14.4 Å². The van der Waals surface area contributed by atoms with Gasteiger partial charge in [0.2, 0.25) is 11.8 Å². The van der Waals surface area contributed by atoms with E-state index in [1.54, 1.807) is 30.3 Å². The molecule has 0 aliphatic rings. The van der Waals surface area contributed by atoms with Crippen LogP contribution in [0.15, 0.2) is 42.6 Å². The second-order valence-corrected chi connectivity index (χ2v) is 5.29. The monoisotopic (exact) mass is 346 g/mol. The van der Waals surface area contributed by atoms with Gasteiger partial charge in [-0.2, -0.15) is 0 Å². The molecule has 0 radical (unpaired) electrons. The van der Waals surface area contributed by atoms with Crippen molar-refractivity contribution in [2.24, 2.45) is 0 Å². The van der Waals surface area contributed by atoms with Gasteiger partial charge in [-0.25, -0.2) is 0 Å². The van der Waals surface area contributed by atoms with Crippen LogP contribution in [0.4, 0.5) is 11.4 Å². The summed E-state index contributed by atoms with van der Waals surface area (Å²) in [6.45, 7) is 1.17. The highest BCUT2D eigenvalue weighted by atomic mass is 35.5. The van der Waals surface area contributed by atoms with Crippen molar-refractivity contribution in [1.82, 2.24) is 10.3 Å². The first kappa shape index (κ1) is 17.4. The van der Waals surface area contributed by atoms with Gasteiger partial charge in [0, 0.05) is 29.5 Å². The fourth-order valence-electron chi connectivity index (χ4n) is 1.86. The zero-order valence-corrected chi connectivity index (χ0v) is 13.6. The Hall–Kier alpha value is -2.93. The Bertz CT molecular complexity index is 779. The lowest BCUT2D eigenvalue weighted by Gasteiger charge is -2.08. The number of hydrogen-bond donors (Lipinski definition) is 3. The predicted octanol–water partition coefficient (Wildman–Crippen LogP) is 2.06. The van der Waals surface area contributed by atoms with Gasteiger partial charge in [0.25, 0.3) is 5.91 Å². The number of nitrogens with zero attached hydrogens (tertiary/aromatic N) is 1. The molecule has 1 aromatic heterocycles. The molecule has 0 aliphatic heterocycles. The number of rotatable bonds is 5. The summed E-state index contributed by atoms with van der Waals surface area (Å²) in [5.41, 5.74) is 1.19. The third kappa shape index (κ3) is 5.36. The zero-order chi connectivity index (χ0) is 17.5. The Labute approximate surface area is 143 Å². The molecule has 0 atom stereocenters. The van der Waals surface area contributed by atoms with Gasteiger partial charge >= 0.3 is 0 Å². The number of amides is 3. The number of benzene rings is 1. The van der Waals surface area contributed by atoms with Gasteiger partial charge in [-0.1, -0.05) is 17.7 Å². The average molecular weight is 347 g/mol. The molecular formula is C16H15ClN4O3. The summed E-state index contributed by atoms with van der Waals surface area (Å²) in [6, 6.07) is 9.63. The van der Waals surface area contributed by atoms with Crippen LogP contribution in [0.3, 0.4) is 0 Å². The summed E-state index contributed by atoms with van der Waals surface area (Å²) >= 11 is 5.78. The second kappa shape index (κ2) is 8.07. The van der Waals surface area contributed by atoms with Crippen molar-refractivity contribution in [1.29, 1.82) is 0 Å². The molecule has 0 aliphatic carbocycles. The highest BCUT2D eigenvalue weighted by Gasteiger charge is 2.10. The first-order valence-electron chi connectivity index (χ1n) is 7.01. The molecule has 0 saturated carbocycles. The number of halogens is 1. The van der Waals surface area contributed by atoms with E-state index < -0.39 is 11.8 Å². The maximum atomic E-state index is 11.9. The van der Waals surface area contributed by atoms with E-state index >= 15 is 0 Å². The number of aromatic nitrogens is 1. The Morgan fingerprint density at radius 1 is 1.08 bits per heavy atom. The van der Waals surface area contributed by atoms with Crippen LogP contribution in [0.2, 0.25) is 5.02 Å². The van der Waals surface area contributed by atoms with Gasteiger partial charge in [-0.05, 0) is 30.3 Å². The van der Waals surface area contributed by atoms with Gasteiger partial charge in [-0.3, -0.25) is 19.4 Å². The van der Waals surface area contributed by atoms with Crippen LogP contribution < -0.4 is 16.0 Å². The number of carbonyl (C=O) groups excluding carboxylic acids is 3. The second-order valence-electron chi connectivity index (χ2n) is 4.85. The number of nitrogens with one attached hydrogen (secondary N) is 3. The first-order valence-corrected chi connectivity index (χ1v) is 7.39. The van der Waals surface area contributed by atoms with E-state index in [0.29, 0.717) is 16.4 Å². The van der Waals surface area contributed by atoms with Crippen LogP contribution in [0.25, 0.3) is 0 Å². The molecule has 3 N–H and O–H groups in total. The summed E-state index contributed by atoms with van der Waals surface area (Å²) in [5.74, 6) is -1.12. The summed E-state index contributed by atoms with van der Waals surface area (Å²) in [6.07, 6.45) is 1.41. The number of hydrogen-bond acceptors (Lipinski definition) is 4. The van der Waals surface area contributed by atoms with Gasteiger partial charge in [0.15, 0.2) is 0 Å². The topological polar surface area (TPSA) is 100 Å². The molecule has 0 bridgehead atoms. The lowest BCUT2D eigenvalue weighted by Crippen LogP contribution is -2.33. The Balaban J connectivity index is 1.89. The molecule has 8 heteroatoms. The molecule has 0 saturated heterocycles. The minimum Gasteiger partial charge on any atom is -0.342 e. The Morgan fingerprint density at radius 3 is 2.46 bits per heavy atom. The molecule has 0 fully saturated rings. The number of carbonyl (C=O) groups is 3. The molecule has 0 spiro atoms. The van der Waals surface area contributed by atoms with E-state index in [1.165, 1.54) is 19.2 Å². The maximum Gasteiger partial charge on any atom is 0.270 e. The number of pyridine rings is 1. The Kier molecular flexibility index (Phi) is 5.86. The molecule has 7 nitrogen and oxygen atoms in total. The largest absolute Gasteiger partial charge is 0.342 e. The third-order valence-electron chi connectivity index (χ3n) is 2.83. The van der Waals surface area contributed by atoms with Crippen molar-refractivity contribution in [3.8, 4) is 0 Å². The van der Waals surface area contributed by atoms with Gasteiger partial charge in [0.1, 0.15) is 5.69 Å². The van der Waals surface area contributed by atoms with Crippen molar-refractivity contribution in [3.05, 3.63) is 53.3 Å². The van der Waals surface area contributed by atoms with E-state index in [2.05, 4.69) is 20.9 Å². The van der Waals surface area contributed by atoms with Crippen LogP contribution in [0.5, 0.6) is 0 Å². The molecule has 124 valence electrons. The van der Waals surface area contributed by atoms with Gasteiger partial charge in [0.05, 0.1) is 6.54 Å². The summed E-state index contributed by atoms with van der Waals surface area (Å²) in [4.78, 5) is 38.7. The molecule has 0 unspecified atom stereocenters. The normalized spacial score (nSPS) is 9.92. The minimum atomic E-state index is -0.500. The van der Waals surface area contributed by atoms with E-state index in [0.717, 1.165) is 0 Å². The van der Waals surface area contributed by atoms with E-state index in [-0.39, 0.29) is 18.1 Å². The van der Waals surface area contributed by atoms with Crippen LogP contribution >= 0.6 is 11.6 Å². The van der Waals surface area contributed by atoms with Gasteiger partial charge in [-0.15, -0.1) is 0 Å².